The van der Waals surface area contributed by atoms with E-state index in [1.807, 2.05) is 60.7 Å². The van der Waals surface area contributed by atoms with E-state index in [0.717, 1.165) is 11.1 Å². The fraction of sp³-hybridized carbons (Fsp3) is 0.300. The zero-order valence-corrected chi connectivity index (χ0v) is 15.3. The maximum absolute atomic E-state index is 9.68. The molecule has 1 aliphatic heterocycles. The number of amidine groups is 2. The van der Waals surface area contributed by atoms with E-state index in [1.165, 1.54) is 0 Å². The summed E-state index contributed by atoms with van der Waals surface area (Å²) in [5.74, 6) is 0.0667. The molecule has 1 heterocycles. The average Bonchev–Trinajstić information content (AvgIpc) is 2.75. The van der Waals surface area contributed by atoms with Crippen LogP contribution in [0.2, 0.25) is 0 Å². The molecule has 3 rings (SSSR count). The molecule has 28 heavy (non-hydrogen) atoms. The van der Waals surface area contributed by atoms with Gasteiger partial charge < -0.3 is 30.4 Å². The molecular weight excluding hydrogens is 360 g/mol. The van der Waals surface area contributed by atoms with Crippen LogP contribution in [0, 0.1) is 0 Å². The molecule has 0 amide bonds. The van der Waals surface area contributed by atoms with E-state index in [9.17, 15) is 20.6 Å². The van der Waals surface area contributed by atoms with Gasteiger partial charge in [0, 0.05) is 13.1 Å². The van der Waals surface area contributed by atoms with Crippen molar-refractivity contribution in [3.8, 4) is 0 Å². The number of benzene rings is 2. The fourth-order valence-corrected chi connectivity index (χ4v) is 3.80. The summed E-state index contributed by atoms with van der Waals surface area (Å²) in [6.45, 7) is -0.00626. The van der Waals surface area contributed by atoms with Gasteiger partial charge in [0.1, 0.15) is 0 Å². The topological polar surface area (TPSA) is 112 Å². The number of hydrogen-bond donors (Lipinski definition) is 4. The minimum Gasteiger partial charge on any atom is -0.409 e. The molecule has 2 atom stereocenters. The van der Waals surface area contributed by atoms with Gasteiger partial charge in [0.25, 0.3) is 0 Å². The van der Waals surface area contributed by atoms with Crippen molar-refractivity contribution in [3.63, 3.8) is 0 Å². The van der Waals surface area contributed by atoms with Gasteiger partial charge in [-0.05, 0) is 11.1 Å². The van der Waals surface area contributed by atoms with Gasteiger partial charge in [0.2, 0.25) is 11.7 Å². The van der Waals surface area contributed by atoms with Gasteiger partial charge in [-0.3, -0.25) is 0 Å². The summed E-state index contributed by atoms with van der Waals surface area (Å²) in [5.41, 5.74) is 1.87. The van der Waals surface area contributed by atoms with Crippen molar-refractivity contribution in [3.05, 3.63) is 71.8 Å². The summed E-state index contributed by atoms with van der Waals surface area (Å²) in [7, 11) is 0. The highest BCUT2D eigenvalue weighted by Crippen LogP contribution is 2.42. The molecule has 0 saturated carbocycles. The van der Waals surface area contributed by atoms with Crippen LogP contribution >= 0.6 is 0 Å². The molecule has 0 aliphatic carbocycles. The minimum absolute atomic E-state index is 0.0334. The molecule has 2 aromatic rings. The molecule has 0 radical (unpaired) electrons. The lowest BCUT2D eigenvalue weighted by molar-refractivity contribution is 0.113. The number of aliphatic hydroxyl groups excluding tert-OH is 2. The molecule has 1 fully saturated rings. The van der Waals surface area contributed by atoms with Crippen LogP contribution in [0.25, 0.3) is 0 Å². The number of rotatable bonds is 6. The van der Waals surface area contributed by atoms with Gasteiger partial charge in [-0.25, -0.2) is 0 Å². The van der Waals surface area contributed by atoms with Crippen LogP contribution in [0.3, 0.4) is 0 Å². The Morgan fingerprint density at radius 2 is 1.00 bits per heavy atom. The van der Waals surface area contributed by atoms with E-state index in [4.69, 9.17) is 0 Å². The van der Waals surface area contributed by atoms with Gasteiger partial charge in [-0.15, -0.1) is 0 Å². The first-order chi connectivity index (χ1) is 13.8. The van der Waals surface area contributed by atoms with Gasteiger partial charge in [0.15, 0.2) is 0 Å². The lowest BCUT2D eigenvalue weighted by Gasteiger charge is -2.49. The van der Waals surface area contributed by atoms with Crippen LogP contribution in [-0.2, 0) is 0 Å². The predicted octanol–water partition coefficient (Wildman–Crippen LogP) is 1.65. The third kappa shape index (κ3) is 3.64. The molecule has 148 valence electrons. The molecule has 0 spiro atoms. The molecule has 8 heteroatoms. The average molecular weight is 384 g/mol. The van der Waals surface area contributed by atoms with Crippen LogP contribution in [0.5, 0.6) is 0 Å². The standard InChI is InChI=1S/C20H24N4O4/c25-13-11-23-17(15-7-3-1-4-8-15)18(16-9-5-2-6-10-16)24(12-14-26)20(22-28)19(23)21-27/h1-10,17-18,25-28H,11-14H2/b21-19-,22-20+. The van der Waals surface area contributed by atoms with Gasteiger partial charge >= 0.3 is 0 Å². The Hall–Kier alpha value is -3.10. The third-order valence-electron chi connectivity index (χ3n) is 4.87. The SMILES string of the molecule is OCCN1C(=N\O)/C(=N\O)N(CCO)C(c2ccccc2)C1c1ccccc1. The van der Waals surface area contributed by atoms with E-state index in [0.29, 0.717) is 0 Å². The second-order valence-electron chi connectivity index (χ2n) is 6.39. The number of nitrogens with zero attached hydrogens (tertiary/aromatic N) is 4. The van der Waals surface area contributed by atoms with Crippen LogP contribution in [-0.4, -0.2) is 68.4 Å². The first-order valence-corrected chi connectivity index (χ1v) is 9.06. The highest BCUT2D eigenvalue weighted by atomic mass is 16.4. The largest absolute Gasteiger partial charge is 0.409 e. The molecule has 0 aromatic heterocycles. The Balaban J connectivity index is 2.24. The molecule has 1 saturated heterocycles. The second-order valence-corrected chi connectivity index (χ2v) is 6.39. The molecule has 8 nitrogen and oxygen atoms in total. The highest BCUT2D eigenvalue weighted by Gasteiger charge is 2.45. The Bertz CT molecular complexity index is 744. The van der Waals surface area contributed by atoms with E-state index < -0.39 is 0 Å². The second kappa shape index (κ2) is 9.20. The lowest BCUT2D eigenvalue weighted by atomic mass is 9.88. The van der Waals surface area contributed by atoms with E-state index in [1.54, 1.807) is 9.80 Å². The summed E-state index contributed by atoms with van der Waals surface area (Å²) in [6, 6.07) is 18.6. The monoisotopic (exact) mass is 384 g/mol. The number of piperazine rings is 1. The molecule has 0 bridgehead atoms. The molecular formula is C20H24N4O4. The zero-order chi connectivity index (χ0) is 19.9. The van der Waals surface area contributed by atoms with Crippen molar-refractivity contribution in [2.75, 3.05) is 26.3 Å². The molecule has 2 unspecified atom stereocenters. The maximum Gasteiger partial charge on any atom is 0.215 e. The predicted molar refractivity (Wildman–Crippen MR) is 104 cm³/mol. The normalized spacial score (nSPS) is 22.8. The maximum atomic E-state index is 9.68. The third-order valence-corrected chi connectivity index (χ3v) is 4.87. The van der Waals surface area contributed by atoms with Crippen molar-refractivity contribution in [2.24, 2.45) is 10.3 Å². The highest BCUT2D eigenvalue weighted by molar-refractivity contribution is 6.40. The van der Waals surface area contributed by atoms with Crippen molar-refractivity contribution in [2.45, 2.75) is 12.1 Å². The fourth-order valence-electron chi connectivity index (χ4n) is 3.80. The Morgan fingerprint density at radius 1 is 0.643 bits per heavy atom. The molecule has 4 N–H and O–H groups in total. The molecule has 2 aromatic carbocycles. The minimum atomic E-state index is -0.348. The van der Waals surface area contributed by atoms with E-state index in [-0.39, 0.29) is 50.1 Å². The number of hydrogen-bond acceptors (Lipinski definition) is 6. The summed E-state index contributed by atoms with van der Waals surface area (Å²) in [4.78, 5) is 3.44. The number of oxime groups is 2. The summed E-state index contributed by atoms with van der Waals surface area (Å²) < 4.78 is 0. The van der Waals surface area contributed by atoms with Crippen LogP contribution in [0.15, 0.2) is 71.0 Å². The zero-order valence-electron chi connectivity index (χ0n) is 15.3. The Morgan fingerprint density at radius 3 is 1.29 bits per heavy atom. The van der Waals surface area contributed by atoms with E-state index in [2.05, 4.69) is 10.3 Å². The van der Waals surface area contributed by atoms with Crippen LogP contribution in [0.1, 0.15) is 23.2 Å². The van der Waals surface area contributed by atoms with Crippen molar-refractivity contribution < 1.29 is 20.6 Å². The summed E-state index contributed by atoms with van der Waals surface area (Å²) in [6.07, 6.45) is 0. The summed E-state index contributed by atoms with van der Waals surface area (Å²) >= 11 is 0. The Kier molecular flexibility index (Phi) is 6.46. The van der Waals surface area contributed by atoms with Crippen molar-refractivity contribution >= 4 is 11.7 Å². The smallest absolute Gasteiger partial charge is 0.215 e. The Labute approximate surface area is 163 Å². The summed E-state index contributed by atoms with van der Waals surface area (Å²) in [5, 5.41) is 45.4. The van der Waals surface area contributed by atoms with Crippen LogP contribution < -0.4 is 0 Å². The van der Waals surface area contributed by atoms with E-state index >= 15 is 0 Å². The van der Waals surface area contributed by atoms with Crippen molar-refractivity contribution in [1.29, 1.82) is 0 Å². The van der Waals surface area contributed by atoms with Crippen molar-refractivity contribution in [1.82, 2.24) is 9.80 Å². The van der Waals surface area contributed by atoms with Gasteiger partial charge in [-0.2, -0.15) is 0 Å². The number of aliphatic hydroxyl groups is 2. The lowest BCUT2D eigenvalue weighted by Crippen LogP contribution is -2.58. The number of β-amino-alcohol motifs (C(OH)–C–C–N with tert-alkyl or cyclic N) is 2. The first kappa shape index (κ1) is 19.7. The quantitative estimate of drug-likeness (QED) is 0.445. The first-order valence-electron chi connectivity index (χ1n) is 9.06. The van der Waals surface area contributed by atoms with Gasteiger partial charge in [0.05, 0.1) is 25.3 Å². The molecule has 1 aliphatic rings. The van der Waals surface area contributed by atoms with Gasteiger partial charge in [-0.1, -0.05) is 71.0 Å². The van der Waals surface area contributed by atoms with Crippen LogP contribution in [0.4, 0.5) is 0 Å².